The molecule has 1 aromatic carbocycles. The van der Waals surface area contributed by atoms with Gasteiger partial charge in [-0.1, -0.05) is 18.2 Å². The second kappa shape index (κ2) is 7.75. The van der Waals surface area contributed by atoms with Gasteiger partial charge in [0.1, 0.15) is 5.75 Å². The predicted molar refractivity (Wildman–Crippen MR) is 95.6 cm³/mol. The highest BCUT2D eigenvalue weighted by Gasteiger charge is 2.49. The Labute approximate surface area is 149 Å². The Morgan fingerprint density at radius 3 is 2.72 bits per heavy atom. The van der Waals surface area contributed by atoms with Crippen LogP contribution in [0.3, 0.4) is 0 Å². The van der Waals surface area contributed by atoms with Crippen molar-refractivity contribution < 1.29 is 14.3 Å². The average Bonchev–Trinajstić information content (AvgIpc) is 3.38. The van der Waals surface area contributed by atoms with Crippen LogP contribution in [0.2, 0.25) is 0 Å². The summed E-state index contributed by atoms with van der Waals surface area (Å²) in [5.74, 6) is 1.34. The normalized spacial score (nSPS) is 28.6. The van der Waals surface area contributed by atoms with Crippen molar-refractivity contribution in [3.8, 4) is 5.75 Å². The third-order valence-electron chi connectivity index (χ3n) is 5.85. The number of fused-ring (bicyclic) bond motifs is 2. The Balaban J connectivity index is 1.25. The van der Waals surface area contributed by atoms with E-state index in [4.69, 9.17) is 9.47 Å². The lowest BCUT2D eigenvalue weighted by atomic mass is 10.1. The quantitative estimate of drug-likeness (QED) is 0.760. The molecule has 25 heavy (non-hydrogen) atoms. The number of likely N-dealkylation sites (tertiary alicyclic amines) is 2. The first-order chi connectivity index (χ1) is 12.3. The molecular weight excluding hydrogens is 316 g/mol. The van der Waals surface area contributed by atoms with Gasteiger partial charge in [0.05, 0.1) is 18.8 Å². The van der Waals surface area contributed by atoms with Crippen LogP contribution in [0, 0.1) is 5.92 Å². The van der Waals surface area contributed by atoms with Gasteiger partial charge in [0, 0.05) is 19.0 Å². The van der Waals surface area contributed by atoms with Gasteiger partial charge >= 0.3 is 0 Å². The molecule has 1 aliphatic carbocycles. The van der Waals surface area contributed by atoms with Crippen molar-refractivity contribution >= 4 is 5.91 Å². The molecule has 0 radical (unpaired) electrons. The minimum atomic E-state index is 0.0872. The zero-order valence-corrected chi connectivity index (χ0v) is 14.8. The van der Waals surface area contributed by atoms with Gasteiger partial charge in [-0.3, -0.25) is 4.79 Å². The highest BCUT2D eigenvalue weighted by atomic mass is 16.5. The van der Waals surface area contributed by atoms with Gasteiger partial charge in [-0.15, -0.1) is 0 Å². The van der Waals surface area contributed by atoms with Gasteiger partial charge in [-0.25, -0.2) is 0 Å². The van der Waals surface area contributed by atoms with E-state index in [9.17, 15) is 4.79 Å². The Morgan fingerprint density at radius 2 is 1.92 bits per heavy atom. The average molecular weight is 344 g/mol. The van der Waals surface area contributed by atoms with Crippen LogP contribution in [0.5, 0.6) is 5.75 Å². The SMILES string of the molecule is O=C(COc1ccccc1)N1C[C@@H]2CC[C@H]1[C@H]2OCCN1CCCC1. The highest BCUT2D eigenvalue weighted by Crippen LogP contribution is 2.39. The van der Waals surface area contributed by atoms with Crippen LogP contribution in [0.25, 0.3) is 0 Å². The predicted octanol–water partition coefficient (Wildman–Crippen LogP) is 2.17. The maximum absolute atomic E-state index is 12.6. The number of carbonyl (C=O) groups is 1. The van der Waals surface area contributed by atoms with Crippen molar-refractivity contribution in [3.05, 3.63) is 30.3 Å². The number of amides is 1. The van der Waals surface area contributed by atoms with E-state index in [1.165, 1.54) is 32.4 Å². The largest absolute Gasteiger partial charge is 0.484 e. The van der Waals surface area contributed by atoms with Gasteiger partial charge in [0.25, 0.3) is 5.91 Å². The number of piperidine rings is 1. The molecule has 0 unspecified atom stereocenters. The smallest absolute Gasteiger partial charge is 0.260 e. The molecule has 136 valence electrons. The maximum Gasteiger partial charge on any atom is 0.260 e. The summed E-state index contributed by atoms with van der Waals surface area (Å²) >= 11 is 0. The number of para-hydroxylation sites is 1. The zero-order valence-electron chi connectivity index (χ0n) is 14.8. The number of nitrogens with zero attached hydrogens (tertiary/aromatic N) is 2. The Bertz CT molecular complexity index is 574. The fraction of sp³-hybridized carbons (Fsp3) is 0.650. The molecule has 4 rings (SSSR count). The van der Waals surface area contributed by atoms with Crippen LogP contribution in [0.1, 0.15) is 25.7 Å². The number of hydrogen-bond acceptors (Lipinski definition) is 4. The standard InChI is InChI=1S/C20H28N2O3/c23-19(15-25-17-6-2-1-3-7-17)22-14-16-8-9-18(22)20(16)24-13-12-21-10-4-5-11-21/h1-3,6-7,16,18,20H,4-5,8-15H2/t16-,18-,20-/m0/s1. The molecule has 2 bridgehead atoms. The molecule has 2 saturated heterocycles. The topological polar surface area (TPSA) is 42.0 Å². The molecule has 3 fully saturated rings. The Hall–Kier alpha value is -1.59. The van der Waals surface area contributed by atoms with E-state index >= 15 is 0 Å². The molecule has 2 aliphatic heterocycles. The first kappa shape index (κ1) is 16.9. The first-order valence-electron chi connectivity index (χ1n) is 9.62. The molecule has 1 saturated carbocycles. The summed E-state index contributed by atoms with van der Waals surface area (Å²) in [7, 11) is 0. The summed E-state index contributed by atoms with van der Waals surface area (Å²) in [5.41, 5.74) is 0. The number of carbonyl (C=O) groups excluding carboxylic acids is 1. The molecule has 5 nitrogen and oxygen atoms in total. The van der Waals surface area contributed by atoms with Crippen LogP contribution in [0.15, 0.2) is 30.3 Å². The molecule has 2 heterocycles. The third kappa shape index (κ3) is 3.82. The molecule has 0 aromatic heterocycles. The van der Waals surface area contributed by atoms with Crippen molar-refractivity contribution in [3.63, 3.8) is 0 Å². The van der Waals surface area contributed by atoms with Crippen LogP contribution in [-0.2, 0) is 9.53 Å². The highest BCUT2D eigenvalue weighted by molar-refractivity contribution is 5.78. The minimum absolute atomic E-state index is 0.0872. The van der Waals surface area contributed by atoms with Crippen LogP contribution in [0.4, 0.5) is 0 Å². The lowest BCUT2D eigenvalue weighted by Crippen LogP contribution is -2.42. The van der Waals surface area contributed by atoms with E-state index < -0.39 is 0 Å². The number of hydrogen-bond donors (Lipinski definition) is 0. The number of rotatable bonds is 7. The van der Waals surface area contributed by atoms with Gasteiger partial charge in [-0.2, -0.15) is 0 Å². The summed E-state index contributed by atoms with van der Waals surface area (Å²) < 4.78 is 11.9. The van der Waals surface area contributed by atoms with Gasteiger partial charge < -0.3 is 19.3 Å². The summed E-state index contributed by atoms with van der Waals surface area (Å²) in [4.78, 5) is 17.1. The summed E-state index contributed by atoms with van der Waals surface area (Å²) in [6, 6.07) is 9.79. The summed E-state index contributed by atoms with van der Waals surface area (Å²) in [5, 5.41) is 0. The Morgan fingerprint density at radius 1 is 1.12 bits per heavy atom. The van der Waals surface area contributed by atoms with Crippen molar-refractivity contribution in [2.24, 2.45) is 5.92 Å². The van der Waals surface area contributed by atoms with Crippen molar-refractivity contribution in [2.75, 3.05) is 39.4 Å². The molecule has 5 heteroatoms. The fourth-order valence-corrected chi connectivity index (χ4v) is 4.55. The second-order valence-corrected chi connectivity index (χ2v) is 7.44. The molecule has 0 spiro atoms. The van der Waals surface area contributed by atoms with Crippen molar-refractivity contribution in [1.82, 2.24) is 9.80 Å². The van der Waals surface area contributed by atoms with E-state index in [2.05, 4.69) is 4.90 Å². The maximum atomic E-state index is 12.6. The van der Waals surface area contributed by atoms with E-state index in [1.54, 1.807) is 0 Å². The lowest BCUT2D eigenvalue weighted by molar-refractivity contribution is -0.135. The van der Waals surface area contributed by atoms with Crippen LogP contribution in [-0.4, -0.2) is 67.2 Å². The molecular formula is C20H28N2O3. The minimum Gasteiger partial charge on any atom is -0.484 e. The number of benzene rings is 1. The zero-order chi connectivity index (χ0) is 17.1. The molecule has 3 aliphatic rings. The van der Waals surface area contributed by atoms with E-state index in [1.807, 2.05) is 35.2 Å². The molecule has 1 amide bonds. The van der Waals surface area contributed by atoms with Gasteiger partial charge in [-0.05, 0) is 50.9 Å². The lowest BCUT2D eigenvalue weighted by Gasteiger charge is -2.27. The van der Waals surface area contributed by atoms with E-state index in [-0.39, 0.29) is 24.7 Å². The second-order valence-electron chi connectivity index (χ2n) is 7.44. The molecule has 0 N–H and O–H groups in total. The van der Waals surface area contributed by atoms with E-state index in [0.29, 0.717) is 5.92 Å². The number of ether oxygens (including phenoxy) is 2. The molecule has 3 atom stereocenters. The first-order valence-corrected chi connectivity index (χ1v) is 9.62. The van der Waals surface area contributed by atoms with Crippen LogP contribution < -0.4 is 4.74 Å². The van der Waals surface area contributed by atoms with Gasteiger partial charge in [0.2, 0.25) is 0 Å². The van der Waals surface area contributed by atoms with Gasteiger partial charge in [0.15, 0.2) is 6.61 Å². The van der Waals surface area contributed by atoms with Crippen molar-refractivity contribution in [1.29, 1.82) is 0 Å². The van der Waals surface area contributed by atoms with Crippen molar-refractivity contribution in [2.45, 2.75) is 37.8 Å². The van der Waals surface area contributed by atoms with E-state index in [0.717, 1.165) is 31.9 Å². The third-order valence-corrected chi connectivity index (χ3v) is 5.85. The fourth-order valence-electron chi connectivity index (χ4n) is 4.55. The summed E-state index contributed by atoms with van der Waals surface area (Å²) in [6.45, 7) is 5.19. The molecule has 1 aromatic rings. The summed E-state index contributed by atoms with van der Waals surface area (Å²) in [6.07, 6.45) is 5.11. The monoisotopic (exact) mass is 344 g/mol. The van der Waals surface area contributed by atoms with Crippen LogP contribution >= 0.6 is 0 Å². The Kier molecular flexibility index (Phi) is 5.22.